The summed E-state index contributed by atoms with van der Waals surface area (Å²) in [6.45, 7) is 0.555. The van der Waals surface area contributed by atoms with Crippen LogP contribution in [0.2, 0.25) is 0 Å². The molecular weight excluding hydrogens is 300 g/mol. The third-order valence-corrected chi connectivity index (χ3v) is 4.60. The van der Waals surface area contributed by atoms with Crippen molar-refractivity contribution in [2.24, 2.45) is 0 Å². The van der Waals surface area contributed by atoms with Crippen LogP contribution in [-0.2, 0) is 4.74 Å². The molecule has 0 aliphatic carbocycles. The Hall–Kier alpha value is -2.73. The lowest BCUT2D eigenvalue weighted by Crippen LogP contribution is -2.13. The van der Waals surface area contributed by atoms with E-state index in [2.05, 4.69) is 0 Å². The lowest BCUT2D eigenvalue weighted by molar-refractivity contribution is -0.0337. The molecule has 0 unspecified atom stereocenters. The normalized spacial score (nSPS) is 22.3. The van der Waals surface area contributed by atoms with Crippen LogP contribution in [0.1, 0.15) is 17.9 Å². The molecule has 0 bridgehead atoms. The van der Waals surface area contributed by atoms with Crippen LogP contribution in [0.15, 0.2) is 33.5 Å². The molecule has 6 heteroatoms. The molecule has 2 aliphatic heterocycles. The molecule has 2 N–H and O–H groups in total. The van der Waals surface area contributed by atoms with Crippen molar-refractivity contribution < 1.29 is 24.1 Å². The van der Waals surface area contributed by atoms with Crippen molar-refractivity contribution in [3.05, 3.63) is 40.1 Å². The molecule has 6 nitrogen and oxygen atoms in total. The van der Waals surface area contributed by atoms with Crippen LogP contribution in [0.25, 0.3) is 21.9 Å². The minimum Gasteiger partial charge on any atom is -0.507 e. The minimum absolute atomic E-state index is 0.0633. The maximum atomic E-state index is 12.8. The summed E-state index contributed by atoms with van der Waals surface area (Å²) in [4.78, 5) is 12.8. The van der Waals surface area contributed by atoms with E-state index < -0.39 is 11.7 Å². The SMILES string of the molecule is O=c1c2c(O)cccc2oc2cc3c(c(O)c12)[C@@H]1CCO[C@@H]1O3. The number of hydrogen-bond donors (Lipinski definition) is 2. The minimum atomic E-state index is -0.456. The van der Waals surface area contributed by atoms with Crippen molar-refractivity contribution in [2.45, 2.75) is 18.6 Å². The standard InChI is InChI=1S/C17H12O6/c18-8-2-1-3-9-13(8)16(20)14-11(22-9)6-10-12(15(14)19)7-4-5-21-17(7)23-10/h1-3,6-7,17-19H,4-5H2/t7-,17+/m0/s1. The molecule has 3 heterocycles. The average molecular weight is 312 g/mol. The number of hydrogen-bond acceptors (Lipinski definition) is 6. The van der Waals surface area contributed by atoms with Crippen molar-refractivity contribution in [3.8, 4) is 17.2 Å². The molecule has 1 aromatic heterocycles. The number of aromatic hydroxyl groups is 2. The fourth-order valence-corrected chi connectivity index (χ4v) is 3.55. The first-order chi connectivity index (χ1) is 11.1. The molecule has 0 spiro atoms. The highest BCUT2D eigenvalue weighted by Crippen LogP contribution is 2.50. The highest BCUT2D eigenvalue weighted by Gasteiger charge is 2.42. The Morgan fingerprint density at radius 1 is 1.13 bits per heavy atom. The van der Waals surface area contributed by atoms with Gasteiger partial charge in [-0.3, -0.25) is 4.79 Å². The Morgan fingerprint density at radius 3 is 2.87 bits per heavy atom. The van der Waals surface area contributed by atoms with E-state index in [0.29, 0.717) is 17.9 Å². The van der Waals surface area contributed by atoms with Crippen molar-refractivity contribution in [2.75, 3.05) is 6.61 Å². The van der Waals surface area contributed by atoms with Crippen molar-refractivity contribution in [1.29, 1.82) is 0 Å². The fourth-order valence-electron chi connectivity index (χ4n) is 3.55. The number of phenolic OH excluding ortho intramolecular Hbond substituents is 2. The molecule has 2 aromatic carbocycles. The average Bonchev–Trinajstić information content (AvgIpc) is 3.07. The van der Waals surface area contributed by atoms with Gasteiger partial charge >= 0.3 is 0 Å². The van der Waals surface area contributed by atoms with Gasteiger partial charge in [-0.25, -0.2) is 0 Å². The largest absolute Gasteiger partial charge is 0.507 e. The maximum Gasteiger partial charge on any atom is 0.208 e. The molecule has 2 atom stereocenters. The Kier molecular flexibility index (Phi) is 2.32. The lowest BCUT2D eigenvalue weighted by atomic mass is 9.95. The van der Waals surface area contributed by atoms with Crippen LogP contribution < -0.4 is 10.2 Å². The van der Waals surface area contributed by atoms with E-state index >= 15 is 0 Å². The summed E-state index contributed by atoms with van der Waals surface area (Å²) >= 11 is 0. The first kappa shape index (κ1) is 12.8. The topological polar surface area (TPSA) is 89.1 Å². The van der Waals surface area contributed by atoms with Gasteiger partial charge in [-0.2, -0.15) is 0 Å². The number of phenols is 2. The van der Waals surface area contributed by atoms with Gasteiger partial charge in [-0.05, 0) is 18.6 Å². The van der Waals surface area contributed by atoms with Gasteiger partial charge in [-0.15, -0.1) is 0 Å². The monoisotopic (exact) mass is 312 g/mol. The third kappa shape index (κ3) is 1.53. The Morgan fingerprint density at radius 2 is 2.00 bits per heavy atom. The lowest BCUT2D eigenvalue weighted by Gasteiger charge is -2.09. The fraction of sp³-hybridized carbons (Fsp3) is 0.235. The molecule has 3 aromatic rings. The molecule has 0 radical (unpaired) electrons. The third-order valence-electron chi connectivity index (χ3n) is 4.60. The predicted molar refractivity (Wildman–Crippen MR) is 81.0 cm³/mol. The van der Waals surface area contributed by atoms with E-state index in [0.717, 1.165) is 6.42 Å². The summed E-state index contributed by atoms with van der Waals surface area (Å²) in [5, 5.41) is 20.8. The summed E-state index contributed by atoms with van der Waals surface area (Å²) in [6, 6.07) is 6.21. The second kappa shape index (κ2) is 4.17. The Balaban J connectivity index is 1.93. The van der Waals surface area contributed by atoms with E-state index in [1.54, 1.807) is 18.2 Å². The molecule has 2 aliphatic rings. The van der Waals surface area contributed by atoms with Gasteiger partial charge in [0.15, 0.2) is 0 Å². The highest BCUT2D eigenvalue weighted by molar-refractivity contribution is 5.97. The summed E-state index contributed by atoms with van der Waals surface area (Å²) in [5.41, 5.74) is 0.615. The zero-order valence-corrected chi connectivity index (χ0v) is 11.9. The summed E-state index contributed by atoms with van der Waals surface area (Å²) in [5.74, 6) is 0.0759. The van der Waals surface area contributed by atoms with Crippen LogP contribution in [-0.4, -0.2) is 23.1 Å². The Labute approximate surface area is 129 Å². The first-order valence-electron chi connectivity index (χ1n) is 7.38. The number of benzene rings is 2. The predicted octanol–water partition coefficient (Wildman–Crippen LogP) is 2.58. The van der Waals surface area contributed by atoms with Crippen LogP contribution in [0, 0.1) is 0 Å². The molecule has 116 valence electrons. The van der Waals surface area contributed by atoms with Gasteiger partial charge in [0.1, 0.15) is 39.2 Å². The quantitative estimate of drug-likeness (QED) is 0.620. The van der Waals surface area contributed by atoms with Crippen molar-refractivity contribution in [3.63, 3.8) is 0 Å². The summed E-state index contributed by atoms with van der Waals surface area (Å²) in [6.07, 6.45) is 0.298. The van der Waals surface area contributed by atoms with Crippen LogP contribution in [0.5, 0.6) is 17.2 Å². The molecule has 0 saturated carbocycles. The summed E-state index contributed by atoms with van der Waals surface area (Å²) in [7, 11) is 0. The van der Waals surface area contributed by atoms with E-state index in [9.17, 15) is 15.0 Å². The molecule has 23 heavy (non-hydrogen) atoms. The van der Waals surface area contributed by atoms with Crippen LogP contribution in [0.4, 0.5) is 0 Å². The zero-order valence-electron chi connectivity index (χ0n) is 11.9. The van der Waals surface area contributed by atoms with E-state index in [1.807, 2.05) is 0 Å². The van der Waals surface area contributed by atoms with Gasteiger partial charge in [0, 0.05) is 11.6 Å². The second-order valence-corrected chi connectivity index (χ2v) is 5.84. The number of rotatable bonds is 0. The summed E-state index contributed by atoms with van der Waals surface area (Å²) < 4.78 is 16.9. The maximum absolute atomic E-state index is 12.8. The van der Waals surface area contributed by atoms with Gasteiger partial charge in [0.05, 0.1) is 12.5 Å². The molecule has 1 saturated heterocycles. The smallest absolute Gasteiger partial charge is 0.208 e. The molecular formula is C17H12O6. The number of ether oxygens (including phenoxy) is 2. The highest BCUT2D eigenvalue weighted by atomic mass is 16.7. The van der Waals surface area contributed by atoms with Gasteiger partial charge < -0.3 is 24.1 Å². The first-order valence-corrected chi connectivity index (χ1v) is 7.38. The van der Waals surface area contributed by atoms with E-state index in [4.69, 9.17) is 13.9 Å². The van der Waals surface area contributed by atoms with Crippen LogP contribution >= 0.6 is 0 Å². The molecule has 5 rings (SSSR count). The Bertz CT molecular complexity index is 1030. The molecule has 1 fully saturated rings. The number of fused-ring (bicyclic) bond motifs is 5. The van der Waals surface area contributed by atoms with Gasteiger partial charge in [0.25, 0.3) is 0 Å². The van der Waals surface area contributed by atoms with Crippen molar-refractivity contribution in [1.82, 2.24) is 0 Å². The van der Waals surface area contributed by atoms with E-state index in [1.165, 1.54) is 6.07 Å². The van der Waals surface area contributed by atoms with Crippen molar-refractivity contribution >= 4 is 21.9 Å². The van der Waals surface area contributed by atoms with E-state index in [-0.39, 0.29) is 39.4 Å². The zero-order chi connectivity index (χ0) is 15.7. The van der Waals surface area contributed by atoms with Gasteiger partial charge in [-0.1, -0.05) is 6.07 Å². The van der Waals surface area contributed by atoms with Gasteiger partial charge in [0.2, 0.25) is 11.7 Å². The molecule has 0 amide bonds. The van der Waals surface area contributed by atoms with Crippen LogP contribution in [0.3, 0.4) is 0 Å². The second-order valence-electron chi connectivity index (χ2n) is 5.84.